The van der Waals surface area contributed by atoms with E-state index in [1.54, 1.807) is 0 Å². The molecular formula is C21H23N3O2. The quantitative estimate of drug-likeness (QED) is 0.927. The fraction of sp³-hybridized carbons (Fsp3) is 0.429. The van der Waals surface area contributed by atoms with Crippen molar-refractivity contribution in [2.75, 3.05) is 13.1 Å². The molecule has 26 heavy (non-hydrogen) atoms. The molecule has 1 aliphatic carbocycles. The highest BCUT2D eigenvalue weighted by molar-refractivity contribution is 6.15. The number of benzene rings is 1. The summed E-state index contributed by atoms with van der Waals surface area (Å²) in [6, 6.07) is 14.0. The molecule has 3 atom stereocenters. The van der Waals surface area contributed by atoms with Crippen LogP contribution in [0.3, 0.4) is 0 Å². The van der Waals surface area contributed by atoms with Crippen LogP contribution in [-0.4, -0.2) is 35.3 Å². The van der Waals surface area contributed by atoms with Crippen LogP contribution in [0.5, 0.6) is 0 Å². The smallest absolute Gasteiger partial charge is 0.253 e. The van der Waals surface area contributed by atoms with Gasteiger partial charge in [0.25, 0.3) is 5.91 Å². The Balaban J connectivity index is 1.39. The lowest BCUT2D eigenvalue weighted by molar-refractivity contribution is -0.125. The van der Waals surface area contributed by atoms with E-state index in [4.69, 9.17) is 9.41 Å². The van der Waals surface area contributed by atoms with Crippen LogP contribution >= 0.6 is 0 Å². The highest BCUT2D eigenvalue weighted by Crippen LogP contribution is 2.49. The predicted octanol–water partition coefficient (Wildman–Crippen LogP) is 2.75. The number of likely N-dealkylation sites (tertiary alicyclic amines) is 1. The summed E-state index contributed by atoms with van der Waals surface area (Å²) in [5.41, 5.74) is 0.408. The maximum atomic E-state index is 12.9. The van der Waals surface area contributed by atoms with Crippen LogP contribution in [0.1, 0.15) is 29.9 Å². The molecule has 1 aromatic heterocycles. The van der Waals surface area contributed by atoms with Gasteiger partial charge in [-0.2, -0.15) is 0 Å². The maximum Gasteiger partial charge on any atom is 0.253 e. The number of rotatable bonds is 3. The molecule has 2 aliphatic heterocycles. The van der Waals surface area contributed by atoms with Gasteiger partial charge in [0, 0.05) is 24.6 Å². The van der Waals surface area contributed by atoms with E-state index in [1.807, 2.05) is 49.4 Å². The van der Waals surface area contributed by atoms with Crippen LogP contribution in [-0.2, 0) is 11.3 Å². The van der Waals surface area contributed by atoms with Gasteiger partial charge in [-0.1, -0.05) is 30.3 Å². The van der Waals surface area contributed by atoms with Crippen molar-refractivity contribution in [2.45, 2.75) is 31.8 Å². The summed E-state index contributed by atoms with van der Waals surface area (Å²) in [5.74, 6) is 3.59. The van der Waals surface area contributed by atoms with Crippen molar-refractivity contribution in [3.63, 3.8) is 0 Å². The van der Waals surface area contributed by atoms with E-state index >= 15 is 0 Å². The van der Waals surface area contributed by atoms with E-state index in [-0.39, 0.29) is 5.91 Å². The lowest BCUT2D eigenvalue weighted by Crippen LogP contribution is -2.44. The summed E-state index contributed by atoms with van der Waals surface area (Å²) in [6.45, 7) is 4.72. The molecule has 1 saturated carbocycles. The Bertz CT molecular complexity index is 872. The molecule has 2 fully saturated rings. The number of furan rings is 1. The van der Waals surface area contributed by atoms with Crippen LogP contribution in [0.25, 0.3) is 0 Å². The molecule has 1 amide bonds. The van der Waals surface area contributed by atoms with Gasteiger partial charge in [-0.15, -0.1) is 0 Å². The molecule has 5 heteroatoms. The van der Waals surface area contributed by atoms with E-state index in [0.29, 0.717) is 11.8 Å². The fourth-order valence-corrected chi connectivity index (χ4v) is 4.95. The Kier molecular flexibility index (Phi) is 3.54. The normalized spacial score (nSPS) is 30.7. The second-order valence-electron chi connectivity index (χ2n) is 7.82. The van der Waals surface area contributed by atoms with Crippen LogP contribution in [0.2, 0.25) is 0 Å². The molecule has 1 N–H and O–H groups in total. The minimum Gasteiger partial charge on any atom is -0.465 e. The first-order valence-corrected chi connectivity index (χ1v) is 9.38. The molecule has 0 bridgehead atoms. The highest BCUT2D eigenvalue weighted by Gasteiger charge is 2.59. The molecule has 2 aromatic rings. The summed E-state index contributed by atoms with van der Waals surface area (Å²) in [6.07, 6.45) is 1.93. The second-order valence-corrected chi connectivity index (χ2v) is 7.82. The van der Waals surface area contributed by atoms with E-state index in [2.05, 4.69) is 10.2 Å². The van der Waals surface area contributed by atoms with Crippen molar-refractivity contribution in [3.8, 4) is 0 Å². The minimum absolute atomic E-state index is 0.0829. The summed E-state index contributed by atoms with van der Waals surface area (Å²) in [4.78, 5) is 20.3. The number of carbonyl (C=O) groups excluding carboxylic acids is 1. The van der Waals surface area contributed by atoms with Crippen molar-refractivity contribution in [1.29, 1.82) is 0 Å². The van der Waals surface area contributed by atoms with Crippen molar-refractivity contribution in [2.24, 2.45) is 16.8 Å². The summed E-state index contributed by atoms with van der Waals surface area (Å²) < 4.78 is 5.73. The zero-order chi connectivity index (χ0) is 17.7. The number of hydrogen-bond acceptors (Lipinski definition) is 4. The lowest BCUT2D eigenvalue weighted by Gasteiger charge is -2.25. The summed E-state index contributed by atoms with van der Waals surface area (Å²) in [5, 5.41) is 3.06. The standard InChI is InChI=1S/C21H23N3O2/c1-14-7-8-17(26-14)12-24-11-16-9-10-21(18(16)13-24)20(25)22-19(23-21)15-5-3-2-4-6-15/h2-8,16,18H,9-13H2,1H3,(H,22,23,25)/t16-,18+,21-/m1/s1. The molecular weight excluding hydrogens is 326 g/mol. The zero-order valence-corrected chi connectivity index (χ0v) is 14.9. The Morgan fingerprint density at radius 1 is 1.23 bits per heavy atom. The van der Waals surface area contributed by atoms with E-state index in [1.165, 1.54) is 0 Å². The highest BCUT2D eigenvalue weighted by atomic mass is 16.3. The average Bonchev–Trinajstić information content (AvgIpc) is 3.38. The largest absolute Gasteiger partial charge is 0.465 e. The van der Waals surface area contributed by atoms with Gasteiger partial charge in [-0.3, -0.25) is 14.7 Å². The molecule has 1 aromatic carbocycles. The molecule has 5 rings (SSSR count). The first-order chi connectivity index (χ1) is 12.6. The van der Waals surface area contributed by atoms with Crippen molar-refractivity contribution in [1.82, 2.24) is 10.2 Å². The van der Waals surface area contributed by atoms with Gasteiger partial charge in [0.05, 0.1) is 6.54 Å². The number of amides is 1. The number of aliphatic imine (C=N–C) groups is 1. The van der Waals surface area contributed by atoms with E-state index in [0.717, 1.165) is 55.4 Å². The Morgan fingerprint density at radius 2 is 2.08 bits per heavy atom. The van der Waals surface area contributed by atoms with Crippen LogP contribution in [0.4, 0.5) is 0 Å². The number of aryl methyl sites for hydroxylation is 1. The third-order valence-corrected chi connectivity index (χ3v) is 6.19. The first-order valence-electron chi connectivity index (χ1n) is 9.38. The van der Waals surface area contributed by atoms with Gasteiger partial charge in [-0.25, -0.2) is 0 Å². The SMILES string of the molecule is Cc1ccc(CN2C[C@H]3CC[C@@]4(N=C(c5ccccc5)NC4=O)[C@H]3C2)o1. The number of nitrogens with zero attached hydrogens (tertiary/aromatic N) is 2. The van der Waals surface area contributed by atoms with Gasteiger partial charge in [-0.05, 0) is 37.8 Å². The molecule has 0 radical (unpaired) electrons. The van der Waals surface area contributed by atoms with Crippen molar-refractivity contribution >= 4 is 11.7 Å². The predicted molar refractivity (Wildman–Crippen MR) is 98.8 cm³/mol. The number of fused-ring (bicyclic) bond motifs is 2. The van der Waals surface area contributed by atoms with Crippen LogP contribution < -0.4 is 5.32 Å². The van der Waals surface area contributed by atoms with E-state index < -0.39 is 5.54 Å². The topological polar surface area (TPSA) is 57.8 Å². The lowest BCUT2D eigenvalue weighted by atomic mass is 9.85. The minimum atomic E-state index is -0.580. The monoisotopic (exact) mass is 349 g/mol. The van der Waals surface area contributed by atoms with Gasteiger partial charge < -0.3 is 9.73 Å². The molecule has 3 aliphatic rings. The van der Waals surface area contributed by atoms with Gasteiger partial charge in [0.1, 0.15) is 22.9 Å². The second kappa shape index (κ2) is 5.81. The number of hydrogen-bond donors (Lipinski definition) is 1. The van der Waals surface area contributed by atoms with Gasteiger partial charge in [0.2, 0.25) is 0 Å². The Hall–Kier alpha value is -2.40. The van der Waals surface area contributed by atoms with Crippen LogP contribution in [0.15, 0.2) is 51.9 Å². The van der Waals surface area contributed by atoms with E-state index in [9.17, 15) is 4.79 Å². The first kappa shape index (κ1) is 15.8. The van der Waals surface area contributed by atoms with Crippen molar-refractivity contribution < 1.29 is 9.21 Å². The Morgan fingerprint density at radius 3 is 2.85 bits per heavy atom. The molecule has 1 saturated heterocycles. The Labute approximate surface area is 153 Å². The zero-order valence-electron chi connectivity index (χ0n) is 14.9. The number of nitrogens with one attached hydrogen (secondary N) is 1. The molecule has 1 spiro atoms. The molecule has 134 valence electrons. The molecule has 3 heterocycles. The third-order valence-electron chi connectivity index (χ3n) is 6.19. The summed E-state index contributed by atoms with van der Waals surface area (Å²) >= 11 is 0. The average molecular weight is 349 g/mol. The number of amidine groups is 1. The van der Waals surface area contributed by atoms with Gasteiger partial charge in [0.15, 0.2) is 0 Å². The molecule has 5 nitrogen and oxygen atoms in total. The molecule has 0 unspecified atom stereocenters. The van der Waals surface area contributed by atoms with Gasteiger partial charge >= 0.3 is 0 Å². The van der Waals surface area contributed by atoms with Crippen LogP contribution in [0, 0.1) is 18.8 Å². The third kappa shape index (κ3) is 2.42. The summed E-state index contributed by atoms with van der Waals surface area (Å²) in [7, 11) is 0. The van der Waals surface area contributed by atoms with Crippen molar-refractivity contribution in [3.05, 3.63) is 59.5 Å². The maximum absolute atomic E-state index is 12.9. The number of carbonyl (C=O) groups is 1. The fourth-order valence-electron chi connectivity index (χ4n) is 4.95.